The molecule has 0 bridgehead atoms. The molecule has 2 aromatic carbocycles. The summed E-state index contributed by atoms with van der Waals surface area (Å²) < 4.78 is 38.4. The molecule has 0 unspecified atom stereocenters. The summed E-state index contributed by atoms with van der Waals surface area (Å²) >= 11 is 0. The third kappa shape index (κ3) is 2.59. The Morgan fingerprint density at radius 3 is 2.41 bits per heavy atom. The van der Waals surface area contributed by atoms with Crippen LogP contribution in [0.25, 0.3) is 11.1 Å². The number of carbonyl (C=O) groups excluding carboxylic acids is 1. The van der Waals surface area contributed by atoms with Crippen LogP contribution in [0.1, 0.15) is 15.9 Å². The lowest BCUT2D eigenvalue weighted by Gasteiger charge is -2.12. The normalized spacial score (nSPS) is 14.7. The van der Waals surface area contributed by atoms with Gasteiger partial charge in [-0.25, -0.2) is 0 Å². The Bertz CT molecular complexity index is 752. The third-order valence-corrected chi connectivity index (χ3v) is 3.37. The maximum Gasteiger partial charge on any atom is 0.449 e. The summed E-state index contributed by atoms with van der Waals surface area (Å²) in [4.78, 5) is 15.7. The largest absolute Gasteiger partial charge is 0.449 e. The fraction of sp³-hybridized carbons (Fsp3) is 0.125. The van der Waals surface area contributed by atoms with E-state index >= 15 is 0 Å². The van der Waals surface area contributed by atoms with Gasteiger partial charge in [-0.1, -0.05) is 48.5 Å². The quantitative estimate of drug-likeness (QED) is 0.860. The zero-order valence-corrected chi connectivity index (χ0v) is 11.3. The number of halogens is 3. The Morgan fingerprint density at radius 1 is 1.00 bits per heavy atom. The fourth-order valence-corrected chi connectivity index (χ4v) is 2.39. The number of nitrogens with one attached hydrogen (secondary N) is 1. The highest BCUT2D eigenvalue weighted by molar-refractivity contribution is 6.12. The Morgan fingerprint density at radius 2 is 1.73 bits per heavy atom. The zero-order chi connectivity index (χ0) is 15.7. The number of benzene rings is 2. The second-order valence-electron chi connectivity index (χ2n) is 4.82. The van der Waals surface area contributed by atoms with Crippen molar-refractivity contribution in [2.45, 2.75) is 12.7 Å². The van der Waals surface area contributed by atoms with Crippen LogP contribution in [0.15, 0.2) is 53.5 Å². The maximum absolute atomic E-state index is 12.8. The second-order valence-corrected chi connectivity index (χ2v) is 4.82. The average Bonchev–Trinajstić information content (AvgIpc) is 2.67. The molecule has 22 heavy (non-hydrogen) atoms. The van der Waals surface area contributed by atoms with Gasteiger partial charge >= 0.3 is 6.18 Å². The first-order valence-electron chi connectivity index (χ1n) is 6.57. The van der Waals surface area contributed by atoms with Crippen LogP contribution in [0.5, 0.6) is 0 Å². The van der Waals surface area contributed by atoms with Gasteiger partial charge in [-0.15, -0.1) is 0 Å². The molecule has 112 valence electrons. The molecule has 6 heteroatoms. The minimum atomic E-state index is -4.68. The lowest BCUT2D eigenvalue weighted by atomic mass is 9.95. The van der Waals surface area contributed by atoms with Crippen molar-refractivity contribution in [3.63, 3.8) is 0 Å². The number of alkyl halides is 3. The Labute approximate surface area is 124 Å². The monoisotopic (exact) mass is 304 g/mol. The molecule has 0 atom stereocenters. The summed E-state index contributed by atoms with van der Waals surface area (Å²) in [5.74, 6) is -2.05. The summed E-state index contributed by atoms with van der Waals surface area (Å²) in [7, 11) is 0. The summed E-state index contributed by atoms with van der Waals surface area (Å²) in [5.41, 5.74) is 2.06. The molecule has 0 radical (unpaired) electrons. The van der Waals surface area contributed by atoms with Crippen LogP contribution in [0.4, 0.5) is 13.2 Å². The highest BCUT2D eigenvalue weighted by Crippen LogP contribution is 2.29. The molecule has 3 nitrogen and oxygen atoms in total. The number of hydrogen-bond acceptors (Lipinski definition) is 2. The first-order valence-corrected chi connectivity index (χ1v) is 6.57. The van der Waals surface area contributed by atoms with Crippen molar-refractivity contribution in [3.05, 3.63) is 59.7 Å². The molecular weight excluding hydrogens is 293 g/mol. The molecule has 1 aliphatic heterocycles. The van der Waals surface area contributed by atoms with Crippen LogP contribution < -0.4 is 5.32 Å². The van der Waals surface area contributed by atoms with Crippen LogP contribution in [0.3, 0.4) is 0 Å². The predicted octanol–water partition coefficient (Wildman–Crippen LogP) is 3.56. The van der Waals surface area contributed by atoms with Crippen molar-refractivity contribution in [2.75, 3.05) is 0 Å². The Balaban J connectivity index is 2.10. The lowest BCUT2D eigenvalue weighted by Crippen LogP contribution is -2.40. The van der Waals surface area contributed by atoms with E-state index in [0.29, 0.717) is 11.1 Å². The highest BCUT2D eigenvalue weighted by Gasteiger charge is 2.39. The van der Waals surface area contributed by atoms with Crippen molar-refractivity contribution in [2.24, 2.45) is 4.99 Å². The topological polar surface area (TPSA) is 41.5 Å². The molecular formula is C16H11F3N2O. The number of amides is 1. The minimum Gasteiger partial charge on any atom is -0.303 e. The van der Waals surface area contributed by atoms with Gasteiger partial charge in [0, 0.05) is 0 Å². The van der Waals surface area contributed by atoms with E-state index in [0.717, 1.165) is 5.56 Å². The summed E-state index contributed by atoms with van der Waals surface area (Å²) in [6.45, 7) is -0.191. The van der Waals surface area contributed by atoms with E-state index in [9.17, 15) is 18.0 Å². The maximum atomic E-state index is 12.8. The van der Waals surface area contributed by atoms with Gasteiger partial charge in [0.25, 0.3) is 5.91 Å². The molecule has 1 amide bonds. The molecule has 1 N–H and O–H groups in total. The Kier molecular flexibility index (Phi) is 3.44. The second kappa shape index (κ2) is 5.29. The number of fused-ring (bicyclic) bond motifs is 1. The minimum absolute atomic E-state index is 0.191. The van der Waals surface area contributed by atoms with Crippen LogP contribution in [-0.2, 0) is 6.54 Å². The van der Waals surface area contributed by atoms with Gasteiger partial charge in [0.05, 0.1) is 12.1 Å². The zero-order valence-electron chi connectivity index (χ0n) is 11.3. The third-order valence-electron chi connectivity index (χ3n) is 3.37. The molecule has 0 aromatic heterocycles. The SMILES string of the molecule is O=C1NC(C(F)(F)F)=NCc2cccc(-c3ccccc3)c21. The van der Waals surface area contributed by atoms with Crippen molar-refractivity contribution < 1.29 is 18.0 Å². The van der Waals surface area contributed by atoms with Gasteiger partial charge in [0.1, 0.15) is 0 Å². The van der Waals surface area contributed by atoms with Crippen molar-refractivity contribution in [1.82, 2.24) is 5.32 Å². The number of carbonyl (C=O) groups is 1. The molecule has 0 saturated heterocycles. The summed E-state index contributed by atoms with van der Waals surface area (Å²) in [6, 6.07) is 14.1. The molecule has 0 aliphatic carbocycles. The van der Waals surface area contributed by atoms with Crippen LogP contribution >= 0.6 is 0 Å². The standard InChI is InChI=1S/C16H11F3N2O/c17-16(18,19)15-20-9-11-7-4-8-12(13(11)14(22)21-15)10-5-2-1-3-6-10/h1-8H,9H2,(H,20,21,22). The van der Waals surface area contributed by atoms with E-state index in [1.807, 2.05) is 11.4 Å². The Hall–Kier alpha value is -2.63. The number of aliphatic imine (C=N–C) groups is 1. The van der Waals surface area contributed by atoms with Gasteiger partial charge in [-0.2, -0.15) is 13.2 Å². The molecule has 1 aliphatic rings. The van der Waals surface area contributed by atoms with Crippen LogP contribution in [-0.4, -0.2) is 17.9 Å². The van der Waals surface area contributed by atoms with Crippen LogP contribution in [0.2, 0.25) is 0 Å². The molecule has 3 rings (SSSR count). The smallest absolute Gasteiger partial charge is 0.303 e. The molecule has 2 aromatic rings. The van der Waals surface area contributed by atoms with E-state index in [1.165, 1.54) is 0 Å². The van der Waals surface area contributed by atoms with Gasteiger partial charge in [-0.3, -0.25) is 9.79 Å². The number of amidine groups is 1. The van der Waals surface area contributed by atoms with Crippen molar-refractivity contribution >= 4 is 11.7 Å². The molecule has 0 fully saturated rings. The lowest BCUT2D eigenvalue weighted by molar-refractivity contribution is -0.0616. The highest BCUT2D eigenvalue weighted by atomic mass is 19.4. The van der Waals surface area contributed by atoms with Gasteiger partial charge in [0.2, 0.25) is 5.84 Å². The van der Waals surface area contributed by atoms with Crippen molar-refractivity contribution in [1.29, 1.82) is 0 Å². The fourth-order valence-electron chi connectivity index (χ4n) is 2.39. The first kappa shape index (κ1) is 14.3. The first-order chi connectivity index (χ1) is 10.5. The predicted molar refractivity (Wildman–Crippen MR) is 76.5 cm³/mol. The molecule has 0 spiro atoms. The van der Waals surface area contributed by atoms with Gasteiger partial charge < -0.3 is 5.32 Å². The van der Waals surface area contributed by atoms with E-state index in [2.05, 4.69) is 4.99 Å². The number of rotatable bonds is 1. The molecule has 1 heterocycles. The van der Waals surface area contributed by atoms with Gasteiger partial charge in [-0.05, 0) is 16.7 Å². The van der Waals surface area contributed by atoms with E-state index in [4.69, 9.17) is 0 Å². The van der Waals surface area contributed by atoms with E-state index in [-0.39, 0.29) is 12.1 Å². The van der Waals surface area contributed by atoms with Crippen LogP contribution in [0, 0.1) is 0 Å². The van der Waals surface area contributed by atoms with Gasteiger partial charge in [0.15, 0.2) is 0 Å². The number of hydrogen-bond donors (Lipinski definition) is 1. The number of nitrogens with zero attached hydrogens (tertiary/aromatic N) is 1. The summed E-state index contributed by atoms with van der Waals surface area (Å²) in [6.07, 6.45) is -4.68. The van der Waals surface area contributed by atoms with E-state index in [1.54, 1.807) is 42.5 Å². The van der Waals surface area contributed by atoms with Crippen molar-refractivity contribution in [3.8, 4) is 11.1 Å². The van der Waals surface area contributed by atoms with E-state index < -0.39 is 17.9 Å². The average molecular weight is 304 g/mol. The molecule has 0 saturated carbocycles. The summed E-state index contributed by atoms with van der Waals surface area (Å²) in [5, 5.41) is 1.87.